The number of hydrogen-bond acceptors (Lipinski definition) is 6. The van der Waals surface area contributed by atoms with Gasteiger partial charge in [-0.15, -0.1) is 0 Å². The van der Waals surface area contributed by atoms with Crippen molar-refractivity contribution in [3.8, 4) is 11.5 Å². The van der Waals surface area contributed by atoms with Crippen molar-refractivity contribution in [1.29, 1.82) is 0 Å². The zero-order chi connectivity index (χ0) is 14.9. The summed E-state index contributed by atoms with van der Waals surface area (Å²) in [4.78, 5) is 2.40. The van der Waals surface area contributed by atoms with Gasteiger partial charge in [-0.2, -0.15) is 5.10 Å². The first-order valence-electron chi connectivity index (χ1n) is 7.22. The summed E-state index contributed by atoms with van der Waals surface area (Å²) in [6.45, 7) is 5.64. The van der Waals surface area contributed by atoms with Crippen molar-refractivity contribution in [3.63, 3.8) is 0 Å². The summed E-state index contributed by atoms with van der Waals surface area (Å²) in [7, 11) is 1.53. The molecule has 1 aliphatic heterocycles. The van der Waals surface area contributed by atoms with Crippen molar-refractivity contribution < 1.29 is 14.6 Å². The highest BCUT2D eigenvalue weighted by molar-refractivity contribution is 5.80. The average Bonchev–Trinajstić information content (AvgIpc) is 2.53. The monoisotopic (exact) mass is 293 g/mol. The number of benzene rings is 1. The number of morpholine rings is 1. The van der Waals surface area contributed by atoms with Crippen LogP contribution in [0.25, 0.3) is 0 Å². The third-order valence-electron chi connectivity index (χ3n) is 3.38. The minimum atomic E-state index is 0.133. The molecule has 0 atom stereocenters. The van der Waals surface area contributed by atoms with E-state index >= 15 is 0 Å². The normalized spacial score (nSPS) is 16.2. The molecule has 0 aliphatic carbocycles. The van der Waals surface area contributed by atoms with Crippen LogP contribution in [0.3, 0.4) is 0 Å². The maximum Gasteiger partial charge on any atom is 0.161 e. The van der Waals surface area contributed by atoms with Gasteiger partial charge in [0.2, 0.25) is 0 Å². The number of phenols is 1. The molecule has 0 saturated carbocycles. The standard InChI is InChI=1S/C15H23N3O3/c1-20-15-11-13(3-4-14(15)19)12-17-16-5-2-6-18-7-9-21-10-8-18/h3-4,11-12,16,19H,2,5-10H2,1H3/b17-12+. The van der Waals surface area contributed by atoms with Crippen molar-refractivity contribution >= 4 is 6.21 Å². The molecule has 1 aromatic rings. The van der Waals surface area contributed by atoms with E-state index in [1.807, 2.05) is 0 Å². The van der Waals surface area contributed by atoms with Crippen LogP contribution >= 0.6 is 0 Å². The largest absolute Gasteiger partial charge is 0.504 e. The van der Waals surface area contributed by atoms with E-state index in [-0.39, 0.29) is 5.75 Å². The lowest BCUT2D eigenvalue weighted by molar-refractivity contribution is 0.0375. The molecular formula is C15H23N3O3. The summed E-state index contributed by atoms with van der Waals surface area (Å²) < 4.78 is 10.4. The molecule has 1 heterocycles. The van der Waals surface area contributed by atoms with Crippen molar-refractivity contribution in [2.24, 2.45) is 5.10 Å². The number of ether oxygens (including phenoxy) is 2. The van der Waals surface area contributed by atoms with Gasteiger partial charge < -0.3 is 20.0 Å². The molecule has 0 unspecified atom stereocenters. The van der Waals surface area contributed by atoms with E-state index < -0.39 is 0 Å². The number of rotatable bonds is 7. The molecule has 2 N–H and O–H groups in total. The average molecular weight is 293 g/mol. The predicted molar refractivity (Wildman–Crippen MR) is 82.1 cm³/mol. The Morgan fingerprint density at radius 3 is 3.00 bits per heavy atom. The lowest BCUT2D eigenvalue weighted by Gasteiger charge is -2.26. The molecule has 0 amide bonds. The number of aromatic hydroxyl groups is 1. The van der Waals surface area contributed by atoms with Gasteiger partial charge in [0.05, 0.1) is 26.5 Å². The van der Waals surface area contributed by atoms with E-state index in [0.717, 1.165) is 51.4 Å². The predicted octanol–water partition coefficient (Wildman–Crippen LogP) is 1.05. The topological polar surface area (TPSA) is 66.3 Å². The first-order valence-corrected chi connectivity index (χ1v) is 7.22. The van der Waals surface area contributed by atoms with E-state index in [1.54, 1.807) is 24.4 Å². The quantitative estimate of drug-likeness (QED) is 0.447. The van der Waals surface area contributed by atoms with Gasteiger partial charge in [-0.3, -0.25) is 4.90 Å². The highest BCUT2D eigenvalue weighted by Crippen LogP contribution is 2.25. The molecule has 0 spiro atoms. The van der Waals surface area contributed by atoms with E-state index in [9.17, 15) is 5.11 Å². The Kier molecular flexibility index (Phi) is 6.30. The molecule has 1 fully saturated rings. The number of phenolic OH excluding ortho intramolecular Hbond substituents is 1. The summed E-state index contributed by atoms with van der Waals surface area (Å²) in [5, 5.41) is 13.7. The van der Waals surface area contributed by atoms with E-state index in [4.69, 9.17) is 9.47 Å². The fraction of sp³-hybridized carbons (Fsp3) is 0.533. The molecule has 0 bridgehead atoms. The van der Waals surface area contributed by atoms with E-state index in [0.29, 0.717) is 5.75 Å². The second kappa shape index (κ2) is 8.49. The molecule has 0 radical (unpaired) electrons. The Hall–Kier alpha value is -1.79. The van der Waals surface area contributed by atoms with Crippen LogP contribution in [0.4, 0.5) is 0 Å². The molecule has 2 rings (SSSR count). The molecule has 6 nitrogen and oxygen atoms in total. The van der Waals surface area contributed by atoms with Crippen LogP contribution in [0.15, 0.2) is 23.3 Å². The Morgan fingerprint density at radius 1 is 1.43 bits per heavy atom. The Labute approximate surface area is 125 Å². The van der Waals surface area contributed by atoms with Crippen LogP contribution in [0.2, 0.25) is 0 Å². The van der Waals surface area contributed by atoms with Crippen LogP contribution in [0.1, 0.15) is 12.0 Å². The molecule has 0 aromatic heterocycles. The Bertz CT molecular complexity index is 459. The zero-order valence-electron chi connectivity index (χ0n) is 12.4. The smallest absolute Gasteiger partial charge is 0.161 e. The SMILES string of the molecule is COc1cc(/C=N/NCCCN2CCOCC2)ccc1O. The van der Waals surface area contributed by atoms with Crippen LogP contribution < -0.4 is 10.2 Å². The van der Waals surface area contributed by atoms with Gasteiger partial charge in [-0.25, -0.2) is 0 Å². The number of methoxy groups -OCH3 is 1. The minimum absolute atomic E-state index is 0.133. The number of hydrazone groups is 1. The minimum Gasteiger partial charge on any atom is -0.504 e. The van der Waals surface area contributed by atoms with Crippen molar-refractivity contribution in [1.82, 2.24) is 10.3 Å². The van der Waals surface area contributed by atoms with Crippen molar-refractivity contribution in [2.45, 2.75) is 6.42 Å². The molecule has 1 saturated heterocycles. The summed E-state index contributed by atoms with van der Waals surface area (Å²) in [5.74, 6) is 0.583. The second-order valence-corrected chi connectivity index (χ2v) is 4.91. The van der Waals surface area contributed by atoms with Crippen molar-refractivity contribution in [3.05, 3.63) is 23.8 Å². The first kappa shape index (κ1) is 15.6. The summed E-state index contributed by atoms with van der Waals surface area (Å²) in [5.41, 5.74) is 3.91. The summed E-state index contributed by atoms with van der Waals surface area (Å²) in [6.07, 6.45) is 2.77. The van der Waals surface area contributed by atoms with Gasteiger partial charge in [0, 0.05) is 26.2 Å². The summed E-state index contributed by atoms with van der Waals surface area (Å²) in [6, 6.07) is 5.13. The van der Waals surface area contributed by atoms with Gasteiger partial charge in [-0.05, 0) is 30.2 Å². The van der Waals surface area contributed by atoms with Gasteiger partial charge in [-0.1, -0.05) is 0 Å². The van der Waals surface area contributed by atoms with Gasteiger partial charge in [0.25, 0.3) is 0 Å². The third kappa shape index (κ3) is 5.24. The lowest BCUT2D eigenvalue weighted by Crippen LogP contribution is -2.37. The fourth-order valence-electron chi connectivity index (χ4n) is 2.17. The first-order chi connectivity index (χ1) is 10.3. The van der Waals surface area contributed by atoms with E-state index in [2.05, 4.69) is 15.4 Å². The Morgan fingerprint density at radius 2 is 2.24 bits per heavy atom. The molecule has 6 heteroatoms. The van der Waals surface area contributed by atoms with E-state index in [1.165, 1.54) is 7.11 Å². The summed E-state index contributed by atoms with van der Waals surface area (Å²) >= 11 is 0. The molecule has 1 aromatic carbocycles. The van der Waals surface area contributed by atoms with Gasteiger partial charge >= 0.3 is 0 Å². The van der Waals surface area contributed by atoms with Crippen LogP contribution in [-0.2, 0) is 4.74 Å². The highest BCUT2D eigenvalue weighted by atomic mass is 16.5. The molecule has 116 valence electrons. The number of nitrogens with one attached hydrogen (secondary N) is 1. The van der Waals surface area contributed by atoms with Gasteiger partial charge in [0.15, 0.2) is 11.5 Å². The second-order valence-electron chi connectivity index (χ2n) is 4.91. The van der Waals surface area contributed by atoms with Gasteiger partial charge in [0.1, 0.15) is 0 Å². The maximum atomic E-state index is 9.50. The number of nitrogens with zero attached hydrogens (tertiary/aromatic N) is 2. The maximum absolute atomic E-state index is 9.50. The molecular weight excluding hydrogens is 270 g/mol. The fourth-order valence-corrected chi connectivity index (χ4v) is 2.17. The number of hydrogen-bond donors (Lipinski definition) is 2. The highest BCUT2D eigenvalue weighted by Gasteiger charge is 2.08. The van der Waals surface area contributed by atoms with Crippen LogP contribution in [0.5, 0.6) is 11.5 Å². The van der Waals surface area contributed by atoms with Crippen LogP contribution in [-0.4, -0.2) is 62.7 Å². The molecule has 21 heavy (non-hydrogen) atoms. The third-order valence-corrected chi connectivity index (χ3v) is 3.38. The van der Waals surface area contributed by atoms with Crippen LogP contribution in [0, 0.1) is 0 Å². The Balaban J connectivity index is 1.65. The van der Waals surface area contributed by atoms with Crippen molar-refractivity contribution in [2.75, 3.05) is 46.5 Å². The zero-order valence-corrected chi connectivity index (χ0v) is 12.4. The lowest BCUT2D eigenvalue weighted by atomic mass is 10.2. The molecule has 1 aliphatic rings.